The molecule has 0 spiro atoms. The summed E-state index contributed by atoms with van der Waals surface area (Å²) >= 11 is 1.97. The summed E-state index contributed by atoms with van der Waals surface area (Å²) in [6.07, 6.45) is 3.50. The average molecular weight is 229 g/mol. The highest BCUT2D eigenvalue weighted by Gasteiger charge is 2.29. The average Bonchev–Trinajstić information content (AvgIpc) is 2.80. The Morgan fingerprint density at radius 1 is 1.60 bits per heavy atom. The maximum absolute atomic E-state index is 5.80. The van der Waals surface area contributed by atoms with Gasteiger partial charge in [-0.2, -0.15) is 11.8 Å². The lowest BCUT2D eigenvalue weighted by atomic mass is 10.1. The van der Waals surface area contributed by atoms with Gasteiger partial charge in [-0.15, -0.1) is 0 Å². The summed E-state index contributed by atoms with van der Waals surface area (Å²) in [4.78, 5) is 0. The van der Waals surface area contributed by atoms with Crippen molar-refractivity contribution in [2.75, 3.05) is 31.3 Å². The summed E-state index contributed by atoms with van der Waals surface area (Å²) < 4.78 is 11.4. The normalized spacial score (nSPS) is 28.3. The van der Waals surface area contributed by atoms with Crippen LogP contribution in [0.2, 0.25) is 0 Å². The summed E-state index contributed by atoms with van der Waals surface area (Å²) in [5.41, 5.74) is 0. The molecular formula is C11H19NO2S. The molecule has 0 bridgehead atoms. The molecule has 0 aromatic carbocycles. The summed E-state index contributed by atoms with van der Waals surface area (Å²) in [5.74, 6) is 3.28. The smallest absolute Gasteiger partial charge is 0.112 e. The molecular weight excluding hydrogens is 210 g/mol. The van der Waals surface area contributed by atoms with Gasteiger partial charge in [0.25, 0.3) is 0 Å². The van der Waals surface area contributed by atoms with Crippen molar-refractivity contribution in [3.8, 4) is 0 Å². The first-order valence-electron chi connectivity index (χ1n) is 5.67. The second kappa shape index (κ2) is 5.77. The highest BCUT2D eigenvalue weighted by Crippen LogP contribution is 2.23. The van der Waals surface area contributed by atoms with Gasteiger partial charge in [0.15, 0.2) is 0 Å². The molecule has 0 saturated carbocycles. The lowest BCUT2D eigenvalue weighted by molar-refractivity contribution is 0.0407. The molecule has 0 aromatic rings. The van der Waals surface area contributed by atoms with E-state index in [0.717, 1.165) is 43.4 Å². The van der Waals surface area contributed by atoms with Crippen LogP contribution in [0.4, 0.5) is 0 Å². The number of hydrogen-bond acceptors (Lipinski definition) is 4. The third-order valence-corrected chi connectivity index (χ3v) is 3.70. The van der Waals surface area contributed by atoms with E-state index in [-0.39, 0.29) is 12.1 Å². The van der Waals surface area contributed by atoms with Crippen molar-refractivity contribution in [3.63, 3.8) is 0 Å². The molecule has 1 saturated heterocycles. The van der Waals surface area contributed by atoms with Gasteiger partial charge < -0.3 is 14.8 Å². The molecule has 3 nitrogen and oxygen atoms in total. The van der Waals surface area contributed by atoms with E-state index in [9.17, 15) is 0 Å². The van der Waals surface area contributed by atoms with E-state index >= 15 is 0 Å². The largest absolute Gasteiger partial charge is 0.496 e. The van der Waals surface area contributed by atoms with Gasteiger partial charge in [-0.25, -0.2) is 0 Å². The second-order valence-electron chi connectivity index (χ2n) is 3.76. The molecule has 2 atom stereocenters. The first kappa shape index (κ1) is 11.3. The van der Waals surface area contributed by atoms with Crippen molar-refractivity contribution >= 4 is 11.8 Å². The molecule has 1 N–H and O–H groups in total. The van der Waals surface area contributed by atoms with Crippen LogP contribution >= 0.6 is 11.8 Å². The second-order valence-corrected chi connectivity index (χ2v) is 4.91. The van der Waals surface area contributed by atoms with E-state index in [2.05, 4.69) is 18.3 Å². The zero-order valence-corrected chi connectivity index (χ0v) is 10.0. The Morgan fingerprint density at radius 3 is 3.13 bits per heavy atom. The number of likely N-dealkylation sites (N-methyl/N-ethyl adjacent to an activating group) is 1. The zero-order valence-electron chi connectivity index (χ0n) is 9.20. The van der Waals surface area contributed by atoms with Gasteiger partial charge in [0.1, 0.15) is 5.76 Å². The standard InChI is InChI=1S/C11H19NO2S/c1-2-12-11(9-4-3-5-13-9)10-8-15-7-6-14-10/h4,10-12H,2-3,5-8H2,1H3. The zero-order chi connectivity index (χ0) is 10.5. The van der Waals surface area contributed by atoms with Crippen LogP contribution in [-0.4, -0.2) is 43.4 Å². The molecule has 2 heterocycles. The molecule has 2 aliphatic rings. The van der Waals surface area contributed by atoms with E-state index in [1.807, 2.05) is 11.8 Å². The molecule has 86 valence electrons. The molecule has 2 rings (SSSR count). The minimum Gasteiger partial charge on any atom is -0.496 e. The Labute approximate surface area is 95.6 Å². The maximum Gasteiger partial charge on any atom is 0.112 e. The maximum atomic E-state index is 5.80. The van der Waals surface area contributed by atoms with E-state index in [1.165, 1.54) is 0 Å². The number of nitrogens with one attached hydrogen (secondary N) is 1. The predicted molar refractivity (Wildman–Crippen MR) is 63.2 cm³/mol. The van der Waals surface area contributed by atoms with Gasteiger partial charge in [-0.1, -0.05) is 6.92 Å². The van der Waals surface area contributed by atoms with Crippen molar-refractivity contribution in [2.45, 2.75) is 25.5 Å². The first-order valence-corrected chi connectivity index (χ1v) is 6.83. The minimum atomic E-state index is 0.255. The molecule has 0 amide bonds. The topological polar surface area (TPSA) is 30.5 Å². The Morgan fingerprint density at radius 2 is 2.53 bits per heavy atom. The summed E-state index contributed by atoms with van der Waals surface area (Å²) in [7, 11) is 0. The lowest BCUT2D eigenvalue weighted by Crippen LogP contribution is -2.46. The molecule has 0 aliphatic carbocycles. The van der Waals surface area contributed by atoms with Gasteiger partial charge in [0.2, 0.25) is 0 Å². The van der Waals surface area contributed by atoms with Crippen molar-refractivity contribution in [1.82, 2.24) is 5.32 Å². The van der Waals surface area contributed by atoms with Gasteiger partial charge >= 0.3 is 0 Å². The van der Waals surface area contributed by atoms with E-state index in [0.29, 0.717) is 0 Å². The molecule has 0 radical (unpaired) electrons. The molecule has 1 fully saturated rings. The van der Waals surface area contributed by atoms with E-state index in [4.69, 9.17) is 9.47 Å². The van der Waals surface area contributed by atoms with E-state index in [1.54, 1.807) is 0 Å². The van der Waals surface area contributed by atoms with E-state index < -0.39 is 0 Å². The SMILES string of the molecule is CCNC(C1=CCCO1)C1CSCCO1. The van der Waals surface area contributed by atoms with Gasteiger partial charge in [0, 0.05) is 17.9 Å². The van der Waals surface area contributed by atoms with Crippen LogP contribution in [0.1, 0.15) is 13.3 Å². The number of ether oxygens (including phenoxy) is 2. The lowest BCUT2D eigenvalue weighted by Gasteiger charge is -2.31. The fourth-order valence-corrected chi connectivity index (χ4v) is 2.89. The fraction of sp³-hybridized carbons (Fsp3) is 0.818. The minimum absolute atomic E-state index is 0.255. The third kappa shape index (κ3) is 2.89. The summed E-state index contributed by atoms with van der Waals surface area (Å²) in [6.45, 7) is 4.77. The predicted octanol–water partition coefficient (Wildman–Crippen LogP) is 1.40. The Bertz CT molecular complexity index is 227. The van der Waals surface area contributed by atoms with Gasteiger partial charge in [-0.05, 0) is 12.6 Å². The molecule has 2 aliphatic heterocycles. The van der Waals surface area contributed by atoms with Crippen LogP contribution in [0.3, 0.4) is 0 Å². The van der Waals surface area contributed by atoms with Crippen LogP contribution in [0.15, 0.2) is 11.8 Å². The fourth-order valence-electron chi connectivity index (χ4n) is 1.99. The molecule has 2 unspecified atom stereocenters. The van der Waals surface area contributed by atoms with Crippen molar-refractivity contribution < 1.29 is 9.47 Å². The van der Waals surface area contributed by atoms with Crippen LogP contribution in [0.5, 0.6) is 0 Å². The van der Waals surface area contributed by atoms with Crippen molar-refractivity contribution in [3.05, 3.63) is 11.8 Å². The third-order valence-electron chi connectivity index (χ3n) is 2.68. The van der Waals surface area contributed by atoms with Crippen LogP contribution in [-0.2, 0) is 9.47 Å². The Balaban J connectivity index is 1.97. The van der Waals surface area contributed by atoms with Crippen molar-refractivity contribution in [1.29, 1.82) is 0 Å². The summed E-state index contributed by atoms with van der Waals surface area (Å²) in [5, 5.41) is 3.46. The first-order chi connectivity index (χ1) is 7.42. The van der Waals surface area contributed by atoms with Crippen LogP contribution < -0.4 is 5.32 Å². The number of hydrogen-bond donors (Lipinski definition) is 1. The van der Waals surface area contributed by atoms with Crippen LogP contribution in [0, 0.1) is 0 Å². The van der Waals surface area contributed by atoms with Crippen LogP contribution in [0.25, 0.3) is 0 Å². The monoisotopic (exact) mass is 229 g/mol. The quantitative estimate of drug-likeness (QED) is 0.789. The van der Waals surface area contributed by atoms with Crippen molar-refractivity contribution in [2.24, 2.45) is 0 Å². The molecule has 0 aromatic heterocycles. The van der Waals surface area contributed by atoms with Gasteiger partial charge in [-0.3, -0.25) is 0 Å². The number of thioether (sulfide) groups is 1. The Hall–Kier alpha value is -0.190. The summed E-state index contributed by atoms with van der Waals surface area (Å²) in [6, 6.07) is 0.255. The highest BCUT2D eigenvalue weighted by atomic mass is 32.2. The molecule has 15 heavy (non-hydrogen) atoms. The Kier molecular flexibility index (Phi) is 4.35. The van der Waals surface area contributed by atoms with Gasteiger partial charge in [0.05, 0.1) is 25.4 Å². The molecule has 4 heteroatoms. The number of rotatable bonds is 4. The highest BCUT2D eigenvalue weighted by molar-refractivity contribution is 7.99.